The van der Waals surface area contributed by atoms with E-state index in [1.807, 2.05) is 4.57 Å². The molecule has 2 rings (SSSR count). The number of primary amides is 2. The Hall–Kier alpha value is -2.58. The van der Waals surface area contributed by atoms with Crippen LogP contribution in [0, 0.1) is 0 Å². The van der Waals surface area contributed by atoms with Crippen LogP contribution in [0.3, 0.4) is 0 Å². The van der Waals surface area contributed by atoms with Crippen LogP contribution in [0.15, 0.2) is 6.20 Å². The molecule has 3 amide bonds. The Bertz CT molecular complexity index is 513. The van der Waals surface area contributed by atoms with Crippen molar-refractivity contribution in [2.75, 3.05) is 25.0 Å². The summed E-state index contributed by atoms with van der Waals surface area (Å²) in [5.74, 6) is -1.40. The van der Waals surface area contributed by atoms with Gasteiger partial charge in [-0.1, -0.05) is 0 Å². The summed E-state index contributed by atoms with van der Waals surface area (Å²) in [5.41, 5.74) is 10.3. The number of aromatic nitrogens is 2. The maximum Gasteiger partial charge on any atom is 0.275 e. The molecule has 5 N–H and O–H groups in total. The molecular formula is C11H16N6O3. The Kier molecular flexibility index (Phi) is 3.87. The van der Waals surface area contributed by atoms with Crippen molar-refractivity contribution < 1.29 is 14.4 Å². The van der Waals surface area contributed by atoms with Gasteiger partial charge in [0.05, 0.1) is 0 Å². The van der Waals surface area contributed by atoms with Gasteiger partial charge in [0, 0.05) is 19.3 Å². The third-order valence-electron chi connectivity index (χ3n) is 2.84. The standard InChI is InChI=1S/C11H16N6O3/c12-8(18)5-17(6-9(13)19)10(20)7-4-16-3-1-2-14-11(16)15-7/h4H,1-3,5-6H2,(H2,12,18)(H2,13,19)(H,14,15). The second-order valence-electron chi connectivity index (χ2n) is 4.52. The van der Waals surface area contributed by atoms with Crippen molar-refractivity contribution >= 4 is 23.7 Å². The summed E-state index contributed by atoms with van der Waals surface area (Å²) in [6.45, 7) is 0.792. The average molecular weight is 280 g/mol. The zero-order valence-electron chi connectivity index (χ0n) is 10.8. The van der Waals surface area contributed by atoms with Crippen molar-refractivity contribution in [3.05, 3.63) is 11.9 Å². The minimum Gasteiger partial charge on any atom is -0.368 e. The SMILES string of the molecule is NC(=O)CN(CC(N)=O)C(=O)c1cn2c(n1)NCCC2. The van der Waals surface area contributed by atoms with Crippen LogP contribution in [0.5, 0.6) is 0 Å². The molecule has 0 atom stereocenters. The third kappa shape index (κ3) is 3.05. The zero-order valence-corrected chi connectivity index (χ0v) is 10.8. The number of amides is 3. The number of nitrogens with two attached hydrogens (primary N) is 2. The quantitative estimate of drug-likeness (QED) is 0.579. The van der Waals surface area contributed by atoms with E-state index in [4.69, 9.17) is 11.5 Å². The lowest BCUT2D eigenvalue weighted by Crippen LogP contribution is -2.43. The number of anilines is 1. The first-order chi connectivity index (χ1) is 9.47. The molecule has 1 aromatic heterocycles. The molecule has 9 heteroatoms. The minimum absolute atomic E-state index is 0.150. The summed E-state index contributed by atoms with van der Waals surface area (Å²) in [4.78, 5) is 39.3. The van der Waals surface area contributed by atoms with Crippen LogP contribution in [0.4, 0.5) is 5.95 Å². The fourth-order valence-electron chi connectivity index (χ4n) is 2.02. The van der Waals surface area contributed by atoms with Crippen LogP contribution in [-0.2, 0) is 16.1 Å². The van der Waals surface area contributed by atoms with Crippen molar-refractivity contribution in [2.45, 2.75) is 13.0 Å². The average Bonchev–Trinajstić information content (AvgIpc) is 2.79. The van der Waals surface area contributed by atoms with Crippen LogP contribution in [0.2, 0.25) is 0 Å². The number of imidazole rings is 1. The molecule has 0 saturated carbocycles. The fourth-order valence-corrected chi connectivity index (χ4v) is 2.02. The number of aryl methyl sites for hydroxylation is 1. The second kappa shape index (κ2) is 5.59. The Labute approximate surface area is 114 Å². The molecule has 0 fully saturated rings. The summed E-state index contributed by atoms with van der Waals surface area (Å²) in [5, 5.41) is 3.06. The van der Waals surface area contributed by atoms with Crippen LogP contribution < -0.4 is 16.8 Å². The van der Waals surface area contributed by atoms with Crippen LogP contribution >= 0.6 is 0 Å². The number of hydrogen-bond acceptors (Lipinski definition) is 5. The molecule has 108 valence electrons. The summed E-state index contributed by atoms with van der Waals surface area (Å²) in [6, 6.07) is 0. The predicted octanol–water partition coefficient (Wildman–Crippen LogP) is -1.89. The van der Waals surface area contributed by atoms with E-state index in [0.717, 1.165) is 24.4 Å². The van der Waals surface area contributed by atoms with E-state index in [1.54, 1.807) is 6.20 Å². The molecule has 0 radical (unpaired) electrons. The van der Waals surface area contributed by atoms with Crippen LogP contribution in [0.1, 0.15) is 16.9 Å². The van der Waals surface area contributed by atoms with E-state index in [1.165, 1.54) is 0 Å². The lowest BCUT2D eigenvalue weighted by molar-refractivity contribution is -0.121. The van der Waals surface area contributed by atoms with Crippen molar-refractivity contribution in [2.24, 2.45) is 11.5 Å². The molecule has 0 bridgehead atoms. The van der Waals surface area contributed by atoms with Crippen molar-refractivity contribution in [1.29, 1.82) is 0 Å². The van der Waals surface area contributed by atoms with E-state index in [9.17, 15) is 14.4 Å². The molecule has 0 unspecified atom stereocenters. The summed E-state index contributed by atoms with van der Waals surface area (Å²) >= 11 is 0. The lowest BCUT2D eigenvalue weighted by atomic mass is 10.3. The maximum absolute atomic E-state index is 12.2. The molecule has 1 aliphatic rings. The predicted molar refractivity (Wildman–Crippen MR) is 69.6 cm³/mol. The first-order valence-electron chi connectivity index (χ1n) is 6.14. The number of nitrogens with one attached hydrogen (secondary N) is 1. The van der Waals surface area contributed by atoms with Gasteiger partial charge < -0.3 is 26.3 Å². The van der Waals surface area contributed by atoms with Gasteiger partial charge >= 0.3 is 0 Å². The number of carbonyl (C=O) groups excluding carboxylic acids is 3. The first-order valence-corrected chi connectivity index (χ1v) is 6.14. The number of rotatable bonds is 5. The molecular weight excluding hydrogens is 264 g/mol. The zero-order chi connectivity index (χ0) is 14.7. The van der Waals surface area contributed by atoms with Crippen LogP contribution in [-0.4, -0.2) is 51.8 Å². The van der Waals surface area contributed by atoms with Crippen molar-refractivity contribution in [3.8, 4) is 0 Å². The molecule has 20 heavy (non-hydrogen) atoms. The topological polar surface area (TPSA) is 136 Å². The van der Waals surface area contributed by atoms with E-state index < -0.39 is 17.7 Å². The largest absolute Gasteiger partial charge is 0.368 e. The maximum atomic E-state index is 12.2. The molecule has 1 aromatic rings. The summed E-state index contributed by atoms with van der Waals surface area (Å²) < 4.78 is 1.81. The van der Waals surface area contributed by atoms with Gasteiger partial charge in [0.15, 0.2) is 0 Å². The Morgan fingerprint density at radius 2 is 1.95 bits per heavy atom. The third-order valence-corrected chi connectivity index (χ3v) is 2.84. The van der Waals surface area contributed by atoms with Crippen LogP contribution in [0.25, 0.3) is 0 Å². The number of hydrogen-bond donors (Lipinski definition) is 3. The highest BCUT2D eigenvalue weighted by Gasteiger charge is 2.23. The molecule has 1 aliphatic heterocycles. The summed E-state index contributed by atoms with van der Waals surface area (Å²) in [7, 11) is 0. The highest BCUT2D eigenvalue weighted by molar-refractivity contribution is 5.97. The van der Waals surface area contributed by atoms with Gasteiger partial charge in [-0.2, -0.15) is 0 Å². The van der Waals surface area contributed by atoms with Gasteiger partial charge in [0.1, 0.15) is 18.8 Å². The fraction of sp³-hybridized carbons (Fsp3) is 0.455. The van der Waals surface area contributed by atoms with Gasteiger partial charge in [-0.3, -0.25) is 14.4 Å². The number of nitrogens with zero attached hydrogens (tertiary/aromatic N) is 3. The van der Waals surface area contributed by atoms with Gasteiger partial charge in [-0.15, -0.1) is 0 Å². The highest BCUT2D eigenvalue weighted by atomic mass is 16.2. The van der Waals surface area contributed by atoms with E-state index in [2.05, 4.69) is 10.3 Å². The van der Waals surface area contributed by atoms with Gasteiger partial charge in [-0.25, -0.2) is 4.98 Å². The number of carbonyl (C=O) groups is 3. The van der Waals surface area contributed by atoms with E-state index in [-0.39, 0.29) is 18.8 Å². The Morgan fingerprint density at radius 3 is 2.50 bits per heavy atom. The van der Waals surface area contributed by atoms with Gasteiger partial charge in [0.25, 0.3) is 5.91 Å². The molecule has 0 aliphatic carbocycles. The molecule has 0 aromatic carbocycles. The smallest absolute Gasteiger partial charge is 0.275 e. The first kappa shape index (κ1) is 13.8. The molecule has 0 saturated heterocycles. The second-order valence-corrected chi connectivity index (χ2v) is 4.52. The lowest BCUT2D eigenvalue weighted by Gasteiger charge is -2.17. The minimum atomic E-state index is -0.721. The van der Waals surface area contributed by atoms with Gasteiger partial charge in [-0.05, 0) is 6.42 Å². The molecule has 2 heterocycles. The normalized spacial score (nSPS) is 13.2. The van der Waals surface area contributed by atoms with E-state index in [0.29, 0.717) is 5.95 Å². The van der Waals surface area contributed by atoms with Gasteiger partial charge in [0.2, 0.25) is 17.8 Å². The Balaban J connectivity index is 2.19. The van der Waals surface area contributed by atoms with Crippen molar-refractivity contribution in [1.82, 2.24) is 14.5 Å². The highest BCUT2D eigenvalue weighted by Crippen LogP contribution is 2.15. The molecule has 9 nitrogen and oxygen atoms in total. The van der Waals surface area contributed by atoms with E-state index >= 15 is 0 Å². The van der Waals surface area contributed by atoms with Crippen molar-refractivity contribution in [3.63, 3.8) is 0 Å². The molecule has 0 spiro atoms. The Morgan fingerprint density at radius 1 is 1.30 bits per heavy atom. The summed E-state index contributed by atoms with van der Waals surface area (Å²) in [6.07, 6.45) is 2.52. The number of fused-ring (bicyclic) bond motifs is 1. The monoisotopic (exact) mass is 280 g/mol.